The highest BCUT2D eigenvalue weighted by Gasteiger charge is 2.07. The van der Waals surface area contributed by atoms with Crippen molar-refractivity contribution in [1.29, 1.82) is 0 Å². The fourth-order valence-electron chi connectivity index (χ4n) is 1.92. The smallest absolute Gasteiger partial charge is 0.259 e. The van der Waals surface area contributed by atoms with Gasteiger partial charge in [-0.1, -0.05) is 34.1 Å². The summed E-state index contributed by atoms with van der Waals surface area (Å²) in [6.45, 7) is 2.28. The highest BCUT2D eigenvalue weighted by Crippen LogP contribution is 2.13. The third-order valence-corrected chi connectivity index (χ3v) is 3.86. The summed E-state index contributed by atoms with van der Waals surface area (Å²) in [5.74, 6) is -0.0613. The summed E-state index contributed by atoms with van der Waals surface area (Å²) in [5, 5.41) is 6.40. The molecule has 2 amide bonds. The lowest BCUT2D eigenvalue weighted by Gasteiger charge is -2.06. The second kappa shape index (κ2) is 9.58. The van der Waals surface area contributed by atoms with Crippen LogP contribution in [0.2, 0.25) is 0 Å². The van der Waals surface area contributed by atoms with Gasteiger partial charge >= 0.3 is 0 Å². The Balaban J connectivity index is 1.79. The Morgan fingerprint density at radius 2 is 1.88 bits per heavy atom. The molecule has 130 valence electrons. The molecule has 0 bridgehead atoms. The number of amides is 2. The highest BCUT2D eigenvalue weighted by atomic mass is 79.9. The highest BCUT2D eigenvalue weighted by molar-refractivity contribution is 9.10. The molecule has 0 fully saturated rings. The molecule has 0 aliphatic carbocycles. The Kier molecular flexibility index (Phi) is 7.16. The summed E-state index contributed by atoms with van der Waals surface area (Å²) in [7, 11) is 0. The number of carbonyl (C=O) groups excluding carboxylic acids is 2. The maximum absolute atomic E-state index is 12.0. The van der Waals surface area contributed by atoms with Crippen LogP contribution in [0.25, 0.3) is 0 Å². The fourth-order valence-corrected chi connectivity index (χ4v) is 2.31. The molecule has 0 aliphatic heterocycles. The van der Waals surface area contributed by atoms with Crippen LogP contribution in [0.4, 0.5) is 0 Å². The van der Waals surface area contributed by atoms with Crippen LogP contribution in [0.5, 0.6) is 5.75 Å². The first-order valence-electron chi connectivity index (χ1n) is 7.67. The van der Waals surface area contributed by atoms with E-state index in [-0.39, 0.29) is 12.5 Å². The molecule has 0 unspecified atom stereocenters. The van der Waals surface area contributed by atoms with Gasteiger partial charge in [0, 0.05) is 15.6 Å². The average Bonchev–Trinajstić information content (AvgIpc) is 2.62. The Morgan fingerprint density at radius 1 is 1.16 bits per heavy atom. The van der Waals surface area contributed by atoms with E-state index in [0.717, 1.165) is 10.0 Å². The maximum atomic E-state index is 12.0. The molecule has 2 aromatic rings. The van der Waals surface area contributed by atoms with E-state index in [2.05, 4.69) is 31.8 Å². The van der Waals surface area contributed by atoms with Crippen molar-refractivity contribution in [3.63, 3.8) is 0 Å². The molecule has 25 heavy (non-hydrogen) atoms. The van der Waals surface area contributed by atoms with E-state index in [1.54, 1.807) is 24.3 Å². The lowest BCUT2D eigenvalue weighted by Crippen LogP contribution is -2.34. The predicted molar refractivity (Wildman–Crippen MR) is 99.8 cm³/mol. The molecule has 0 saturated carbocycles. The van der Waals surface area contributed by atoms with Crippen molar-refractivity contribution in [1.82, 2.24) is 10.7 Å². The topological polar surface area (TPSA) is 79.8 Å². The number of benzene rings is 2. The van der Waals surface area contributed by atoms with Gasteiger partial charge in [-0.25, -0.2) is 5.43 Å². The Bertz CT molecular complexity index is 760. The minimum Gasteiger partial charge on any atom is -0.494 e. The Morgan fingerprint density at radius 3 is 2.56 bits per heavy atom. The van der Waals surface area contributed by atoms with E-state index in [1.807, 2.05) is 31.2 Å². The van der Waals surface area contributed by atoms with Gasteiger partial charge in [0.25, 0.3) is 11.8 Å². The predicted octanol–water partition coefficient (Wildman–Crippen LogP) is 2.73. The van der Waals surface area contributed by atoms with Crippen molar-refractivity contribution in [2.75, 3.05) is 13.2 Å². The van der Waals surface area contributed by atoms with Crippen molar-refractivity contribution >= 4 is 34.0 Å². The van der Waals surface area contributed by atoms with Crippen LogP contribution in [0.3, 0.4) is 0 Å². The molecule has 0 heterocycles. The molecule has 0 saturated heterocycles. The zero-order valence-corrected chi connectivity index (χ0v) is 15.2. The number of hydrogen-bond acceptors (Lipinski definition) is 4. The minimum atomic E-state index is -0.414. The van der Waals surface area contributed by atoms with Gasteiger partial charge in [0.05, 0.1) is 19.4 Å². The SMILES string of the molecule is CCOc1ccc(C(=O)NCC(=O)N/N=C\c2ccccc2Br)cc1. The Hall–Kier alpha value is -2.67. The lowest BCUT2D eigenvalue weighted by molar-refractivity contribution is -0.120. The third kappa shape index (κ3) is 6.04. The molecule has 2 aromatic carbocycles. The molecule has 0 atom stereocenters. The van der Waals surface area contributed by atoms with Crippen LogP contribution >= 0.6 is 15.9 Å². The van der Waals surface area contributed by atoms with E-state index in [1.165, 1.54) is 6.21 Å². The summed E-state index contributed by atoms with van der Waals surface area (Å²) in [4.78, 5) is 23.7. The Labute approximate surface area is 154 Å². The second-order valence-corrected chi connectivity index (χ2v) is 5.81. The summed E-state index contributed by atoms with van der Waals surface area (Å²) >= 11 is 3.38. The molecular weight excluding hydrogens is 386 g/mol. The van der Waals surface area contributed by atoms with E-state index in [4.69, 9.17) is 4.74 Å². The van der Waals surface area contributed by atoms with Gasteiger partial charge in [-0.3, -0.25) is 9.59 Å². The minimum absolute atomic E-state index is 0.167. The number of halogens is 1. The van der Waals surface area contributed by atoms with E-state index >= 15 is 0 Å². The quantitative estimate of drug-likeness (QED) is 0.550. The van der Waals surface area contributed by atoms with Gasteiger partial charge in [-0.2, -0.15) is 5.10 Å². The standard InChI is InChI=1S/C18H18BrN3O3/c1-2-25-15-9-7-13(8-10-15)18(24)20-12-17(23)22-21-11-14-5-3-4-6-16(14)19/h3-11H,2,12H2,1H3,(H,20,24)(H,22,23)/b21-11-. The normalized spacial score (nSPS) is 10.5. The van der Waals surface area contributed by atoms with E-state index in [0.29, 0.717) is 17.9 Å². The number of hydrazone groups is 1. The zero-order valence-electron chi connectivity index (χ0n) is 13.7. The molecule has 0 aliphatic rings. The van der Waals surface area contributed by atoms with Crippen molar-refractivity contribution in [2.24, 2.45) is 5.10 Å². The maximum Gasteiger partial charge on any atom is 0.259 e. The molecule has 7 heteroatoms. The molecule has 0 spiro atoms. The van der Waals surface area contributed by atoms with Crippen LogP contribution in [0.15, 0.2) is 58.1 Å². The van der Waals surface area contributed by atoms with Crippen molar-refractivity contribution in [3.05, 3.63) is 64.1 Å². The summed E-state index contributed by atoms with van der Waals surface area (Å²) < 4.78 is 6.18. The largest absolute Gasteiger partial charge is 0.494 e. The van der Waals surface area contributed by atoms with Gasteiger partial charge < -0.3 is 10.1 Å². The first-order chi connectivity index (χ1) is 12.1. The molecule has 6 nitrogen and oxygen atoms in total. The van der Waals surface area contributed by atoms with Crippen LogP contribution in [-0.4, -0.2) is 31.2 Å². The van der Waals surface area contributed by atoms with Crippen molar-refractivity contribution in [2.45, 2.75) is 6.92 Å². The van der Waals surface area contributed by atoms with Crippen LogP contribution in [0.1, 0.15) is 22.8 Å². The second-order valence-electron chi connectivity index (χ2n) is 4.95. The number of hydrogen-bond donors (Lipinski definition) is 2. The van der Waals surface area contributed by atoms with Gasteiger partial charge in [-0.15, -0.1) is 0 Å². The first-order valence-corrected chi connectivity index (χ1v) is 8.47. The van der Waals surface area contributed by atoms with Crippen LogP contribution < -0.4 is 15.5 Å². The summed E-state index contributed by atoms with van der Waals surface area (Å²) in [6, 6.07) is 14.2. The van der Waals surface area contributed by atoms with Crippen molar-refractivity contribution < 1.29 is 14.3 Å². The summed E-state index contributed by atoms with van der Waals surface area (Å²) in [6.07, 6.45) is 1.52. The third-order valence-electron chi connectivity index (χ3n) is 3.14. The van der Waals surface area contributed by atoms with Gasteiger partial charge in [-0.05, 0) is 37.3 Å². The molecular formula is C18H18BrN3O3. The van der Waals surface area contributed by atoms with Crippen LogP contribution in [0, 0.1) is 0 Å². The monoisotopic (exact) mass is 403 g/mol. The molecule has 2 N–H and O–H groups in total. The number of nitrogens with zero attached hydrogens (tertiary/aromatic N) is 1. The van der Waals surface area contributed by atoms with E-state index < -0.39 is 5.91 Å². The number of rotatable bonds is 7. The van der Waals surface area contributed by atoms with Gasteiger partial charge in [0.2, 0.25) is 0 Å². The number of ether oxygens (including phenoxy) is 1. The molecule has 2 rings (SSSR count). The van der Waals surface area contributed by atoms with Crippen LogP contribution in [-0.2, 0) is 4.79 Å². The fraction of sp³-hybridized carbons (Fsp3) is 0.167. The van der Waals surface area contributed by atoms with Gasteiger partial charge in [0.15, 0.2) is 0 Å². The van der Waals surface area contributed by atoms with Crippen molar-refractivity contribution in [3.8, 4) is 5.75 Å². The van der Waals surface area contributed by atoms with Gasteiger partial charge in [0.1, 0.15) is 5.75 Å². The summed E-state index contributed by atoms with van der Waals surface area (Å²) in [5.41, 5.74) is 3.65. The first kappa shape index (κ1) is 18.7. The van der Waals surface area contributed by atoms with E-state index in [9.17, 15) is 9.59 Å². The number of nitrogens with one attached hydrogen (secondary N) is 2. The number of carbonyl (C=O) groups is 2. The average molecular weight is 404 g/mol. The lowest BCUT2D eigenvalue weighted by atomic mass is 10.2. The molecule has 0 aromatic heterocycles. The zero-order chi connectivity index (χ0) is 18.1. The molecule has 0 radical (unpaired) electrons.